The molecule has 4 N–H and O–H groups in total. The van der Waals surface area contributed by atoms with Crippen LogP contribution in [-0.2, 0) is 6.54 Å². The van der Waals surface area contributed by atoms with E-state index >= 15 is 0 Å². The third-order valence-electron chi connectivity index (χ3n) is 1.64. The molecule has 76 valence electrons. The van der Waals surface area contributed by atoms with Crippen LogP contribution in [0.3, 0.4) is 0 Å². The van der Waals surface area contributed by atoms with E-state index in [0.717, 1.165) is 12.1 Å². The Morgan fingerprint density at radius 3 is 3.00 bits per heavy atom. The Kier molecular flexibility index (Phi) is 3.72. The first-order chi connectivity index (χ1) is 6.72. The summed E-state index contributed by atoms with van der Waals surface area (Å²) in [6.07, 6.45) is 1.63. The van der Waals surface area contributed by atoms with E-state index in [9.17, 15) is 4.79 Å². The Morgan fingerprint density at radius 2 is 2.43 bits per heavy atom. The third kappa shape index (κ3) is 3.30. The molecule has 0 aliphatic heterocycles. The number of nitrogens with zero attached hydrogens (tertiary/aromatic N) is 1. The van der Waals surface area contributed by atoms with Crippen LogP contribution in [0.4, 0.5) is 0 Å². The van der Waals surface area contributed by atoms with Crippen molar-refractivity contribution in [3.63, 3.8) is 0 Å². The summed E-state index contributed by atoms with van der Waals surface area (Å²) in [5.74, 6) is 0.415. The van der Waals surface area contributed by atoms with Crippen LogP contribution in [-0.4, -0.2) is 17.5 Å². The SMILES string of the molecule is CCNC(N)=NCc1ccc(=O)[nH]c1. The Bertz CT molecular complexity index is 349. The van der Waals surface area contributed by atoms with E-state index in [2.05, 4.69) is 15.3 Å². The fourth-order valence-corrected chi connectivity index (χ4v) is 0.955. The molecule has 0 aliphatic carbocycles. The summed E-state index contributed by atoms with van der Waals surface area (Å²) < 4.78 is 0. The van der Waals surface area contributed by atoms with Crippen molar-refractivity contribution in [2.24, 2.45) is 10.7 Å². The quantitative estimate of drug-likeness (QED) is 0.460. The molecule has 0 saturated carbocycles. The maximum Gasteiger partial charge on any atom is 0.247 e. The zero-order valence-electron chi connectivity index (χ0n) is 8.08. The fourth-order valence-electron chi connectivity index (χ4n) is 0.955. The van der Waals surface area contributed by atoms with E-state index in [4.69, 9.17) is 5.73 Å². The van der Waals surface area contributed by atoms with Gasteiger partial charge in [0.1, 0.15) is 0 Å². The highest BCUT2D eigenvalue weighted by Gasteiger charge is 1.91. The molecule has 0 aliphatic rings. The van der Waals surface area contributed by atoms with E-state index in [1.807, 2.05) is 6.92 Å². The molecule has 0 fully saturated rings. The van der Waals surface area contributed by atoms with Crippen LogP contribution in [0.5, 0.6) is 0 Å². The Morgan fingerprint density at radius 1 is 1.64 bits per heavy atom. The number of pyridine rings is 1. The van der Waals surface area contributed by atoms with Crippen LogP contribution >= 0.6 is 0 Å². The lowest BCUT2D eigenvalue weighted by molar-refractivity contribution is 0.922. The second-order valence-corrected chi connectivity index (χ2v) is 2.79. The molecular weight excluding hydrogens is 180 g/mol. The number of nitrogens with two attached hydrogens (primary N) is 1. The molecule has 0 radical (unpaired) electrons. The van der Waals surface area contributed by atoms with Crippen molar-refractivity contribution >= 4 is 5.96 Å². The molecule has 0 amide bonds. The fraction of sp³-hybridized carbons (Fsp3) is 0.333. The van der Waals surface area contributed by atoms with E-state index in [1.54, 1.807) is 12.3 Å². The highest BCUT2D eigenvalue weighted by Crippen LogP contribution is 1.94. The number of aromatic amines is 1. The molecule has 0 aromatic carbocycles. The summed E-state index contributed by atoms with van der Waals surface area (Å²) in [5, 5.41) is 2.88. The van der Waals surface area contributed by atoms with Crippen molar-refractivity contribution < 1.29 is 0 Å². The summed E-state index contributed by atoms with van der Waals surface area (Å²) in [6.45, 7) is 3.17. The molecule has 1 heterocycles. The second-order valence-electron chi connectivity index (χ2n) is 2.79. The van der Waals surface area contributed by atoms with Gasteiger partial charge < -0.3 is 16.0 Å². The maximum absolute atomic E-state index is 10.7. The number of nitrogens with one attached hydrogen (secondary N) is 2. The molecule has 0 atom stereocenters. The van der Waals surface area contributed by atoms with Gasteiger partial charge in [0.25, 0.3) is 0 Å². The molecular formula is C9H14N4O. The van der Waals surface area contributed by atoms with Gasteiger partial charge in [0, 0.05) is 18.8 Å². The number of H-pyrrole nitrogens is 1. The molecule has 0 unspecified atom stereocenters. The molecule has 5 nitrogen and oxygen atoms in total. The van der Waals surface area contributed by atoms with Gasteiger partial charge in [-0.25, -0.2) is 4.99 Å². The zero-order valence-corrected chi connectivity index (χ0v) is 8.08. The van der Waals surface area contributed by atoms with Crippen LogP contribution in [0, 0.1) is 0 Å². The van der Waals surface area contributed by atoms with Crippen LogP contribution < -0.4 is 16.6 Å². The topological polar surface area (TPSA) is 83.3 Å². The van der Waals surface area contributed by atoms with Crippen molar-refractivity contribution in [2.45, 2.75) is 13.5 Å². The largest absolute Gasteiger partial charge is 0.370 e. The molecule has 5 heteroatoms. The predicted molar refractivity (Wildman–Crippen MR) is 56.1 cm³/mol. The lowest BCUT2D eigenvalue weighted by Gasteiger charge is -2.01. The van der Waals surface area contributed by atoms with Crippen molar-refractivity contribution in [2.75, 3.05) is 6.54 Å². The highest BCUT2D eigenvalue weighted by atomic mass is 16.1. The number of aromatic nitrogens is 1. The summed E-state index contributed by atoms with van der Waals surface area (Å²) in [6, 6.07) is 3.19. The number of aliphatic imine (C=N–C) groups is 1. The Labute approximate surface area is 82.1 Å². The lowest BCUT2D eigenvalue weighted by atomic mass is 10.3. The van der Waals surface area contributed by atoms with Gasteiger partial charge in [-0.15, -0.1) is 0 Å². The normalized spacial score (nSPS) is 11.4. The smallest absolute Gasteiger partial charge is 0.247 e. The van der Waals surface area contributed by atoms with Crippen LogP contribution in [0.15, 0.2) is 28.1 Å². The van der Waals surface area contributed by atoms with Crippen molar-refractivity contribution in [3.05, 3.63) is 34.2 Å². The second kappa shape index (κ2) is 5.06. The van der Waals surface area contributed by atoms with Crippen LogP contribution in [0.25, 0.3) is 0 Å². The summed E-state index contributed by atoms with van der Waals surface area (Å²) in [5.41, 5.74) is 6.34. The van der Waals surface area contributed by atoms with Gasteiger partial charge in [-0.3, -0.25) is 4.79 Å². The maximum atomic E-state index is 10.7. The van der Waals surface area contributed by atoms with Gasteiger partial charge in [-0.2, -0.15) is 0 Å². The van der Waals surface area contributed by atoms with Gasteiger partial charge in [0.2, 0.25) is 5.56 Å². The van der Waals surface area contributed by atoms with E-state index in [-0.39, 0.29) is 5.56 Å². The molecule has 0 saturated heterocycles. The summed E-state index contributed by atoms with van der Waals surface area (Å²) in [4.78, 5) is 17.4. The Balaban J connectivity index is 2.57. The lowest BCUT2D eigenvalue weighted by Crippen LogP contribution is -2.31. The van der Waals surface area contributed by atoms with Crippen molar-refractivity contribution in [1.82, 2.24) is 10.3 Å². The first kappa shape index (κ1) is 10.3. The third-order valence-corrected chi connectivity index (χ3v) is 1.64. The molecule has 0 bridgehead atoms. The number of hydrogen-bond donors (Lipinski definition) is 3. The number of rotatable bonds is 3. The molecule has 1 aromatic rings. The minimum atomic E-state index is -0.114. The first-order valence-corrected chi connectivity index (χ1v) is 4.43. The van der Waals surface area contributed by atoms with Gasteiger partial charge in [0.15, 0.2) is 5.96 Å². The minimum absolute atomic E-state index is 0.114. The highest BCUT2D eigenvalue weighted by molar-refractivity contribution is 5.77. The molecule has 0 spiro atoms. The van der Waals surface area contributed by atoms with E-state index in [0.29, 0.717) is 12.5 Å². The summed E-state index contributed by atoms with van der Waals surface area (Å²) in [7, 11) is 0. The van der Waals surface area contributed by atoms with Gasteiger partial charge in [0.05, 0.1) is 6.54 Å². The average molecular weight is 194 g/mol. The average Bonchev–Trinajstić information content (AvgIpc) is 2.17. The predicted octanol–water partition coefficient (Wildman–Crippen LogP) is -0.201. The van der Waals surface area contributed by atoms with Crippen LogP contribution in [0.2, 0.25) is 0 Å². The van der Waals surface area contributed by atoms with Gasteiger partial charge in [-0.05, 0) is 12.5 Å². The number of hydrogen-bond acceptors (Lipinski definition) is 2. The van der Waals surface area contributed by atoms with Crippen molar-refractivity contribution in [1.29, 1.82) is 0 Å². The van der Waals surface area contributed by atoms with Gasteiger partial charge in [-0.1, -0.05) is 6.07 Å². The molecule has 1 rings (SSSR count). The molecule has 1 aromatic heterocycles. The van der Waals surface area contributed by atoms with E-state index in [1.165, 1.54) is 6.07 Å². The zero-order chi connectivity index (χ0) is 10.4. The molecule has 14 heavy (non-hydrogen) atoms. The summed E-state index contributed by atoms with van der Waals surface area (Å²) >= 11 is 0. The number of guanidine groups is 1. The monoisotopic (exact) mass is 194 g/mol. The van der Waals surface area contributed by atoms with Crippen LogP contribution in [0.1, 0.15) is 12.5 Å². The van der Waals surface area contributed by atoms with Crippen molar-refractivity contribution in [3.8, 4) is 0 Å². The Hall–Kier alpha value is -1.78. The minimum Gasteiger partial charge on any atom is -0.370 e. The standard InChI is InChI=1S/C9H14N4O/c1-2-11-9(10)13-6-7-3-4-8(14)12-5-7/h3-5H,2,6H2,1H3,(H,12,14)(H3,10,11,13). The van der Waals surface area contributed by atoms with Gasteiger partial charge >= 0.3 is 0 Å². The van der Waals surface area contributed by atoms with E-state index < -0.39 is 0 Å². The first-order valence-electron chi connectivity index (χ1n) is 4.43.